The number of rotatable bonds is 1. The Bertz CT molecular complexity index is 156. The lowest BCUT2D eigenvalue weighted by molar-refractivity contribution is -0.0822. The molecule has 1 aliphatic carbocycles. The Labute approximate surface area is 69.8 Å². The van der Waals surface area contributed by atoms with Gasteiger partial charge in [0.05, 0.1) is 0 Å². The Kier molecular flexibility index (Phi) is 1.54. The Balaban J connectivity index is 2.07. The molecule has 0 unspecified atom stereocenters. The van der Waals surface area contributed by atoms with Gasteiger partial charge >= 0.3 is 0 Å². The minimum Gasteiger partial charge on any atom is -0.306 e. The third-order valence-electron chi connectivity index (χ3n) is 3.77. The van der Waals surface area contributed by atoms with Crippen LogP contribution in [0.25, 0.3) is 0 Å². The smallest absolute Gasteiger partial charge is 0.00377 e. The Morgan fingerprint density at radius 1 is 1.36 bits per heavy atom. The molecule has 0 aromatic carbocycles. The van der Waals surface area contributed by atoms with Crippen molar-refractivity contribution in [3.8, 4) is 0 Å². The maximum atomic E-state index is 2.51. The Morgan fingerprint density at radius 3 is 2.36 bits per heavy atom. The normalized spacial score (nSPS) is 44.2. The van der Waals surface area contributed by atoms with Crippen LogP contribution in [0.15, 0.2) is 0 Å². The molecule has 1 heteroatoms. The van der Waals surface area contributed by atoms with Gasteiger partial charge in [-0.3, -0.25) is 0 Å². The number of hydrogen-bond donors (Lipinski definition) is 0. The molecule has 2 heterocycles. The first-order valence-electron chi connectivity index (χ1n) is 4.81. The van der Waals surface area contributed by atoms with E-state index in [0.29, 0.717) is 0 Å². The van der Waals surface area contributed by atoms with Crippen LogP contribution in [0.5, 0.6) is 0 Å². The number of hydrogen-bond acceptors (Lipinski definition) is 1. The van der Waals surface area contributed by atoms with Crippen LogP contribution < -0.4 is 0 Å². The summed E-state index contributed by atoms with van der Waals surface area (Å²) in [6.45, 7) is 7.47. The highest BCUT2D eigenvalue weighted by Gasteiger charge is 2.50. The van der Waals surface area contributed by atoms with Gasteiger partial charge in [0.1, 0.15) is 0 Å². The van der Waals surface area contributed by atoms with Crippen LogP contribution >= 0.6 is 0 Å². The van der Waals surface area contributed by atoms with Crippen molar-refractivity contribution in [3.05, 3.63) is 0 Å². The standard InChI is InChI=1S/C10H19N/c1-8(2)10-4-9(5-10)6-11(3)7-10/h8-9H,4-7H2,1-3H3. The molecule has 64 valence electrons. The van der Waals surface area contributed by atoms with Gasteiger partial charge in [-0.2, -0.15) is 0 Å². The lowest BCUT2D eigenvalue weighted by Crippen LogP contribution is -2.57. The second-order valence-electron chi connectivity index (χ2n) is 4.99. The van der Waals surface area contributed by atoms with E-state index >= 15 is 0 Å². The second-order valence-corrected chi connectivity index (χ2v) is 4.99. The van der Waals surface area contributed by atoms with E-state index in [9.17, 15) is 0 Å². The van der Waals surface area contributed by atoms with Gasteiger partial charge in [-0.15, -0.1) is 0 Å². The summed E-state index contributed by atoms with van der Waals surface area (Å²) in [4.78, 5) is 2.51. The van der Waals surface area contributed by atoms with Crippen molar-refractivity contribution in [2.24, 2.45) is 17.3 Å². The van der Waals surface area contributed by atoms with Gasteiger partial charge in [-0.05, 0) is 37.1 Å². The van der Waals surface area contributed by atoms with Crippen molar-refractivity contribution in [1.29, 1.82) is 0 Å². The third kappa shape index (κ3) is 1.01. The highest BCUT2D eigenvalue weighted by atomic mass is 15.1. The zero-order valence-corrected chi connectivity index (χ0v) is 7.93. The third-order valence-corrected chi connectivity index (χ3v) is 3.77. The fourth-order valence-corrected chi connectivity index (χ4v) is 3.05. The first-order valence-corrected chi connectivity index (χ1v) is 4.81. The summed E-state index contributed by atoms with van der Waals surface area (Å²) in [5.41, 5.74) is 0.720. The van der Waals surface area contributed by atoms with Crippen LogP contribution in [0, 0.1) is 17.3 Å². The van der Waals surface area contributed by atoms with Gasteiger partial charge in [-0.1, -0.05) is 13.8 Å². The topological polar surface area (TPSA) is 3.24 Å². The minimum absolute atomic E-state index is 0.720. The zero-order chi connectivity index (χ0) is 8.06. The van der Waals surface area contributed by atoms with Crippen LogP contribution in [0.1, 0.15) is 26.7 Å². The van der Waals surface area contributed by atoms with Crippen molar-refractivity contribution in [2.45, 2.75) is 26.7 Å². The molecule has 1 nitrogen and oxygen atoms in total. The van der Waals surface area contributed by atoms with E-state index in [4.69, 9.17) is 0 Å². The molecule has 0 aromatic heterocycles. The van der Waals surface area contributed by atoms with Gasteiger partial charge < -0.3 is 4.90 Å². The largest absolute Gasteiger partial charge is 0.306 e. The van der Waals surface area contributed by atoms with Crippen molar-refractivity contribution in [1.82, 2.24) is 4.90 Å². The molecule has 0 N–H and O–H groups in total. The molecule has 11 heavy (non-hydrogen) atoms. The molecule has 2 aliphatic heterocycles. The van der Waals surface area contributed by atoms with Gasteiger partial charge in [0.2, 0.25) is 0 Å². The Hall–Kier alpha value is -0.0400. The molecule has 3 aliphatic rings. The summed E-state index contributed by atoms with van der Waals surface area (Å²) in [6.07, 6.45) is 3.02. The summed E-state index contributed by atoms with van der Waals surface area (Å²) < 4.78 is 0. The SMILES string of the molecule is CC(C)C12CC(CN(C)C1)C2. The molecule has 3 rings (SSSR count). The first kappa shape index (κ1) is 7.60. The fourth-order valence-electron chi connectivity index (χ4n) is 3.05. The van der Waals surface area contributed by atoms with Crippen molar-refractivity contribution >= 4 is 0 Å². The fraction of sp³-hybridized carbons (Fsp3) is 1.00. The molecule has 0 spiro atoms. The summed E-state index contributed by atoms with van der Waals surface area (Å²) in [7, 11) is 2.27. The van der Waals surface area contributed by atoms with Crippen LogP contribution in [-0.4, -0.2) is 25.0 Å². The van der Waals surface area contributed by atoms with E-state index in [0.717, 1.165) is 17.3 Å². The van der Waals surface area contributed by atoms with E-state index in [-0.39, 0.29) is 0 Å². The molecule has 2 bridgehead atoms. The number of nitrogens with zero attached hydrogens (tertiary/aromatic N) is 1. The molecule has 3 fully saturated rings. The second kappa shape index (κ2) is 2.22. The van der Waals surface area contributed by atoms with Crippen LogP contribution in [0.3, 0.4) is 0 Å². The molecular weight excluding hydrogens is 134 g/mol. The summed E-state index contributed by atoms with van der Waals surface area (Å²) in [6, 6.07) is 0. The van der Waals surface area contributed by atoms with Gasteiger partial charge in [0.15, 0.2) is 0 Å². The van der Waals surface area contributed by atoms with Gasteiger partial charge in [0, 0.05) is 13.1 Å². The maximum Gasteiger partial charge on any atom is 0.00377 e. The molecular formula is C10H19N. The summed E-state index contributed by atoms with van der Waals surface area (Å²) >= 11 is 0. The van der Waals surface area contributed by atoms with E-state index in [1.165, 1.54) is 25.9 Å². The molecule has 0 radical (unpaired) electrons. The summed E-state index contributed by atoms with van der Waals surface area (Å²) in [5, 5.41) is 0. The maximum absolute atomic E-state index is 2.51. The zero-order valence-electron chi connectivity index (χ0n) is 7.93. The first-order chi connectivity index (χ1) is 5.12. The van der Waals surface area contributed by atoms with E-state index in [2.05, 4.69) is 25.8 Å². The molecule has 2 saturated heterocycles. The van der Waals surface area contributed by atoms with Crippen molar-refractivity contribution < 1.29 is 0 Å². The van der Waals surface area contributed by atoms with Gasteiger partial charge in [-0.25, -0.2) is 0 Å². The molecule has 0 atom stereocenters. The summed E-state index contributed by atoms with van der Waals surface area (Å²) in [5.74, 6) is 1.93. The van der Waals surface area contributed by atoms with Crippen LogP contribution in [-0.2, 0) is 0 Å². The average molecular weight is 153 g/mol. The highest BCUT2D eigenvalue weighted by molar-refractivity contribution is 5.01. The predicted molar refractivity (Wildman–Crippen MR) is 47.5 cm³/mol. The quantitative estimate of drug-likeness (QED) is 0.557. The van der Waals surface area contributed by atoms with Crippen molar-refractivity contribution in [2.75, 3.05) is 20.1 Å². The lowest BCUT2D eigenvalue weighted by Gasteiger charge is -2.58. The number of piperidine rings is 2. The van der Waals surface area contributed by atoms with E-state index < -0.39 is 0 Å². The van der Waals surface area contributed by atoms with Crippen LogP contribution in [0.4, 0.5) is 0 Å². The monoisotopic (exact) mass is 153 g/mol. The van der Waals surface area contributed by atoms with Gasteiger partial charge in [0.25, 0.3) is 0 Å². The van der Waals surface area contributed by atoms with Crippen LogP contribution in [0.2, 0.25) is 0 Å². The molecule has 1 saturated carbocycles. The molecule has 0 amide bonds. The number of fused-ring (bicyclic) bond motifs is 2. The van der Waals surface area contributed by atoms with Crippen molar-refractivity contribution in [3.63, 3.8) is 0 Å². The Morgan fingerprint density at radius 2 is 2.00 bits per heavy atom. The predicted octanol–water partition coefficient (Wildman–Crippen LogP) is 1.98. The van der Waals surface area contributed by atoms with E-state index in [1.54, 1.807) is 0 Å². The minimum atomic E-state index is 0.720. The average Bonchev–Trinajstić information content (AvgIpc) is 1.83. The molecule has 0 aromatic rings. The highest BCUT2D eigenvalue weighted by Crippen LogP contribution is 2.54. The van der Waals surface area contributed by atoms with E-state index in [1.807, 2.05) is 0 Å². The lowest BCUT2D eigenvalue weighted by atomic mass is 9.54.